The van der Waals surface area contributed by atoms with Crippen LogP contribution in [0.15, 0.2) is 24.5 Å². The van der Waals surface area contributed by atoms with E-state index >= 15 is 0 Å². The van der Waals surface area contributed by atoms with Crippen molar-refractivity contribution in [1.29, 1.82) is 0 Å². The Bertz CT molecular complexity index is 774. The molecular formula is C16H19N5S. The average Bonchev–Trinajstić information content (AvgIpc) is 2.99. The third kappa shape index (κ3) is 2.60. The van der Waals surface area contributed by atoms with Crippen LogP contribution in [0.5, 0.6) is 0 Å². The number of nitrogen functional groups attached to an aromatic ring is 1. The summed E-state index contributed by atoms with van der Waals surface area (Å²) < 4.78 is 3.07. The molecule has 4 rings (SSSR count). The van der Waals surface area contributed by atoms with Crippen LogP contribution in [0, 0.1) is 0 Å². The zero-order valence-electron chi connectivity index (χ0n) is 12.6. The maximum Gasteiger partial charge on any atom is 0.181 e. The largest absolute Gasteiger partial charge is 0.375 e. The zero-order chi connectivity index (χ0) is 15.1. The Morgan fingerprint density at radius 3 is 2.77 bits per heavy atom. The Morgan fingerprint density at radius 2 is 2.05 bits per heavy atom. The summed E-state index contributed by atoms with van der Waals surface area (Å²) in [7, 11) is 1.97. The van der Waals surface area contributed by atoms with Gasteiger partial charge in [-0.2, -0.15) is 5.10 Å². The lowest BCUT2D eigenvalue weighted by molar-refractivity contribution is 0.279. The van der Waals surface area contributed by atoms with E-state index in [9.17, 15) is 0 Å². The molecule has 0 unspecified atom stereocenters. The predicted molar refractivity (Wildman–Crippen MR) is 89.9 cm³/mol. The molecule has 0 bridgehead atoms. The van der Waals surface area contributed by atoms with Gasteiger partial charge in [0.1, 0.15) is 0 Å². The van der Waals surface area contributed by atoms with Crippen molar-refractivity contribution in [2.24, 2.45) is 7.05 Å². The molecule has 1 aliphatic heterocycles. The standard InChI is InChI=1S/C16H19N5S/c1-20-9-11(8-18-20)10-21-4-2-12-6-14-15(22-16(17)19-14)7-13(12)3-5-21/h6-9H,2-5,10H2,1H3,(H2,17,19)/i16+2. The average molecular weight is 315 g/mol. The summed E-state index contributed by atoms with van der Waals surface area (Å²) in [6.07, 6.45) is 6.22. The van der Waals surface area contributed by atoms with E-state index in [0.29, 0.717) is 5.13 Å². The maximum absolute atomic E-state index is 5.82. The fraction of sp³-hybridized carbons (Fsp3) is 0.375. The van der Waals surface area contributed by atoms with Crippen molar-refractivity contribution in [3.8, 4) is 0 Å². The zero-order valence-corrected chi connectivity index (χ0v) is 13.4. The minimum atomic E-state index is 0.661. The topological polar surface area (TPSA) is 60.0 Å². The van der Waals surface area contributed by atoms with Crippen molar-refractivity contribution in [2.45, 2.75) is 19.4 Å². The summed E-state index contributed by atoms with van der Waals surface area (Å²) in [4.78, 5) is 6.92. The molecule has 0 spiro atoms. The Kier molecular flexibility index (Phi) is 3.35. The molecular weight excluding hydrogens is 296 g/mol. The van der Waals surface area contributed by atoms with Gasteiger partial charge < -0.3 is 5.73 Å². The first-order chi connectivity index (χ1) is 10.7. The molecule has 6 heteroatoms. The van der Waals surface area contributed by atoms with Gasteiger partial charge in [0.2, 0.25) is 0 Å². The van der Waals surface area contributed by atoms with Crippen LogP contribution in [0.3, 0.4) is 0 Å². The molecule has 0 atom stereocenters. The van der Waals surface area contributed by atoms with Crippen molar-refractivity contribution >= 4 is 26.7 Å². The molecule has 0 saturated carbocycles. The summed E-state index contributed by atoms with van der Waals surface area (Å²) in [5.41, 5.74) is 11.0. The van der Waals surface area contributed by atoms with Crippen LogP contribution in [0.1, 0.15) is 16.7 Å². The highest BCUT2D eigenvalue weighted by molar-refractivity contribution is 7.22. The summed E-state index contributed by atoms with van der Waals surface area (Å²) in [5, 5.41) is 4.92. The van der Waals surface area contributed by atoms with Crippen molar-refractivity contribution in [3.05, 3.63) is 41.2 Å². The van der Waals surface area contributed by atoms with Crippen molar-refractivity contribution < 1.29 is 0 Å². The highest BCUT2D eigenvalue weighted by Gasteiger charge is 2.16. The molecule has 22 heavy (non-hydrogen) atoms. The summed E-state index contributed by atoms with van der Waals surface area (Å²) in [6.45, 7) is 3.14. The molecule has 0 aliphatic carbocycles. The van der Waals surface area contributed by atoms with Gasteiger partial charge in [0.25, 0.3) is 0 Å². The number of hydrogen-bond acceptors (Lipinski definition) is 5. The number of rotatable bonds is 2. The van der Waals surface area contributed by atoms with E-state index in [1.54, 1.807) is 11.3 Å². The van der Waals surface area contributed by atoms with E-state index in [0.717, 1.165) is 38.0 Å². The molecule has 0 amide bonds. The molecule has 2 aromatic heterocycles. The van der Waals surface area contributed by atoms with Crippen molar-refractivity contribution in [1.82, 2.24) is 19.7 Å². The maximum atomic E-state index is 5.82. The molecule has 5 nitrogen and oxygen atoms in total. The van der Waals surface area contributed by atoms with Gasteiger partial charge >= 0.3 is 0 Å². The first-order valence-corrected chi connectivity index (χ1v) is 8.37. The molecule has 3 heterocycles. The molecule has 0 radical (unpaired) electrons. The highest BCUT2D eigenvalue weighted by Crippen LogP contribution is 2.29. The van der Waals surface area contributed by atoms with Gasteiger partial charge in [-0.05, 0) is 36.1 Å². The second-order valence-corrected chi connectivity index (χ2v) is 7.00. The SMILES string of the molecule is Cn1cc(CN2CCc3cc4n[14c](N)sc4cc3CC2)cn1. The predicted octanol–water partition coefficient (Wildman–Crippen LogP) is 2.21. The van der Waals surface area contributed by atoms with Gasteiger partial charge in [-0.15, -0.1) is 0 Å². The number of benzene rings is 1. The van der Waals surface area contributed by atoms with Crippen molar-refractivity contribution in [2.75, 3.05) is 18.8 Å². The third-order valence-corrected chi connectivity index (χ3v) is 5.13. The second-order valence-electron chi connectivity index (χ2n) is 5.94. The van der Waals surface area contributed by atoms with Crippen LogP contribution in [0.2, 0.25) is 0 Å². The van der Waals surface area contributed by atoms with Crippen LogP contribution in [0.4, 0.5) is 5.13 Å². The van der Waals surface area contributed by atoms with E-state index < -0.39 is 0 Å². The lowest BCUT2D eigenvalue weighted by atomic mass is 10.0. The number of hydrogen-bond donors (Lipinski definition) is 1. The lowest BCUT2D eigenvalue weighted by Gasteiger charge is -2.18. The molecule has 0 saturated heterocycles. The first-order valence-electron chi connectivity index (χ1n) is 7.55. The van der Waals surface area contributed by atoms with Crippen molar-refractivity contribution in [3.63, 3.8) is 0 Å². The number of anilines is 1. The van der Waals surface area contributed by atoms with Gasteiger partial charge in [-0.1, -0.05) is 11.3 Å². The summed E-state index contributed by atoms with van der Waals surface area (Å²) in [5.74, 6) is 0. The fourth-order valence-electron chi connectivity index (χ4n) is 3.18. The molecule has 1 aliphatic rings. The van der Waals surface area contributed by atoms with Crippen LogP contribution in [-0.2, 0) is 26.4 Å². The van der Waals surface area contributed by atoms with Gasteiger partial charge in [0.05, 0.1) is 16.4 Å². The second kappa shape index (κ2) is 5.37. The number of aromatic nitrogens is 3. The molecule has 114 valence electrons. The number of nitrogens with zero attached hydrogens (tertiary/aromatic N) is 4. The smallest absolute Gasteiger partial charge is 0.181 e. The highest BCUT2D eigenvalue weighted by atomic mass is 32.1. The number of thiazole rings is 1. The molecule has 0 fully saturated rings. The van der Waals surface area contributed by atoms with Gasteiger partial charge in [-0.25, -0.2) is 4.98 Å². The quantitative estimate of drug-likeness (QED) is 0.788. The van der Waals surface area contributed by atoms with Crippen LogP contribution < -0.4 is 5.73 Å². The van der Waals surface area contributed by atoms with Gasteiger partial charge in [-0.3, -0.25) is 9.58 Å². The van der Waals surface area contributed by atoms with E-state index in [2.05, 4.69) is 33.3 Å². The van der Waals surface area contributed by atoms with Gasteiger partial charge in [0, 0.05) is 38.4 Å². The van der Waals surface area contributed by atoms with Crippen LogP contribution >= 0.6 is 11.3 Å². The van der Waals surface area contributed by atoms with Crippen LogP contribution in [0.25, 0.3) is 10.2 Å². The van der Waals surface area contributed by atoms with E-state index in [1.807, 2.05) is 17.9 Å². The monoisotopic (exact) mass is 315 g/mol. The van der Waals surface area contributed by atoms with E-state index in [-0.39, 0.29) is 0 Å². The number of fused-ring (bicyclic) bond motifs is 2. The Balaban J connectivity index is 1.54. The summed E-state index contributed by atoms with van der Waals surface area (Å²) in [6, 6.07) is 4.51. The molecule has 2 N–H and O–H groups in total. The minimum absolute atomic E-state index is 0.661. The Morgan fingerprint density at radius 1 is 1.27 bits per heavy atom. The lowest BCUT2D eigenvalue weighted by Crippen LogP contribution is -2.25. The van der Waals surface area contributed by atoms with Gasteiger partial charge in [0.15, 0.2) is 5.13 Å². The van der Waals surface area contributed by atoms with E-state index in [1.165, 1.54) is 21.4 Å². The molecule has 1 aromatic carbocycles. The third-order valence-electron chi connectivity index (χ3n) is 4.29. The fourth-order valence-corrected chi connectivity index (χ4v) is 3.96. The minimum Gasteiger partial charge on any atom is -0.375 e. The van der Waals surface area contributed by atoms with Crippen LogP contribution in [-0.4, -0.2) is 32.8 Å². The number of nitrogens with two attached hydrogens (primary N) is 1. The normalized spacial score (nSPS) is 15.9. The Hall–Kier alpha value is -1.92. The molecule has 3 aromatic rings. The number of aryl methyl sites for hydroxylation is 1. The summed E-state index contributed by atoms with van der Waals surface area (Å²) >= 11 is 1.58. The first kappa shape index (κ1) is 13.7. The Labute approximate surface area is 133 Å². The van der Waals surface area contributed by atoms with E-state index in [4.69, 9.17) is 5.73 Å².